The Morgan fingerprint density at radius 2 is 2.20 bits per heavy atom. The normalized spacial score (nSPS) is 35.1. The lowest BCUT2D eigenvalue weighted by atomic mass is 10.2. The highest BCUT2D eigenvalue weighted by atomic mass is 35.5. The SMILES string of the molecule is CC1COCC2(CC2)N1.Cl. The first kappa shape index (κ1) is 8.31. The molecule has 1 heterocycles. The summed E-state index contributed by atoms with van der Waals surface area (Å²) in [6.07, 6.45) is 2.63. The van der Waals surface area contributed by atoms with Crippen LogP contribution in [0.2, 0.25) is 0 Å². The zero-order chi connectivity index (χ0) is 6.32. The first-order chi connectivity index (χ1) is 4.31. The molecule has 0 radical (unpaired) electrons. The van der Waals surface area contributed by atoms with Crippen LogP contribution in [-0.2, 0) is 4.74 Å². The molecule has 0 amide bonds. The molecule has 1 aliphatic heterocycles. The molecule has 0 aromatic rings. The molecule has 2 rings (SSSR count). The van der Waals surface area contributed by atoms with E-state index in [4.69, 9.17) is 4.74 Å². The van der Waals surface area contributed by atoms with E-state index in [9.17, 15) is 0 Å². The third kappa shape index (κ3) is 1.44. The second-order valence-electron chi connectivity index (χ2n) is 3.34. The van der Waals surface area contributed by atoms with Gasteiger partial charge in [-0.2, -0.15) is 0 Å². The molecule has 1 saturated carbocycles. The molecule has 60 valence electrons. The summed E-state index contributed by atoms with van der Waals surface area (Å²) in [6.45, 7) is 4.01. The van der Waals surface area contributed by atoms with Crippen molar-refractivity contribution in [2.24, 2.45) is 0 Å². The highest BCUT2D eigenvalue weighted by Crippen LogP contribution is 2.37. The standard InChI is InChI=1S/C7H13NO.ClH/c1-6-4-9-5-7(8-6)2-3-7;/h6,8H,2-5H2,1H3;1H. The van der Waals surface area contributed by atoms with Crippen molar-refractivity contribution in [3.05, 3.63) is 0 Å². The molecule has 10 heavy (non-hydrogen) atoms. The van der Waals surface area contributed by atoms with E-state index in [0.29, 0.717) is 11.6 Å². The molecule has 2 fully saturated rings. The third-order valence-electron chi connectivity index (χ3n) is 2.15. The third-order valence-corrected chi connectivity index (χ3v) is 2.15. The van der Waals surface area contributed by atoms with Crippen molar-refractivity contribution in [1.29, 1.82) is 0 Å². The number of ether oxygens (including phenoxy) is 1. The monoisotopic (exact) mass is 163 g/mol. The highest BCUT2D eigenvalue weighted by molar-refractivity contribution is 5.85. The van der Waals surface area contributed by atoms with Crippen LogP contribution in [0.4, 0.5) is 0 Å². The lowest BCUT2D eigenvalue weighted by Gasteiger charge is -2.28. The van der Waals surface area contributed by atoms with Crippen molar-refractivity contribution < 1.29 is 4.74 Å². The van der Waals surface area contributed by atoms with Crippen LogP contribution in [0, 0.1) is 0 Å². The summed E-state index contributed by atoms with van der Waals surface area (Å²) >= 11 is 0. The number of morpholine rings is 1. The number of nitrogens with one attached hydrogen (secondary N) is 1. The van der Waals surface area contributed by atoms with Crippen LogP contribution in [0.5, 0.6) is 0 Å². The van der Waals surface area contributed by atoms with E-state index in [-0.39, 0.29) is 12.4 Å². The predicted molar refractivity (Wildman–Crippen MR) is 42.6 cm³/mol. The Labute approximate surface area is 67.7 Å². The fraction of sp³-hybridized carbons (Fsp3) is 1.00. The smallest absolute Gasteiger partial charge is 0.0649 e. The van der Waals surface area contributed by atoms with E-state index >= 15 is 0 Å². The van der Waals surface area contributed by atoms with Gasteiger partial charge in [-0.3, -0.25) is 0 Å². The van der Waals surface area contributed by atoms with Gasteiger partial charge in [0.15, 0.2) is 0 Å². The summed E-state index contributed by atoms with van der Waals surface area (Å²) in [4.78, 5) is 0. The number of hydrogen-bond acceptors (Lipinski definition) is 2. The summed E-state index contributed by atoms with van der Waals surface area (Å²) in [5.74, 6) is 0. The van der Waals surface area contributed by atoms with Crippen molar-refractivity contribution in [3.8, 4) is 0 Å². The van der Waals surface area contributed by atoms with Crippen molar-refractivity contribution in [2.75, 3.05) is 13.2 Å². The van der Waals surface area contributed by atoms with Gasteiger partial charge in [-0.1, -0.05) is 0 Å². The Hall–Kier alpha value is 0.210. The molecule has 1 atom stereocenters. The minimum Gasteiger partial charge on any atom is -0.378 e. The minimum atomic E-state index is 0. The molecule has 1 saturated heterocycles. The summed E-state index contributed by atoms with van der Waals surface area (Å²) in [6, 6.07) is 0.571. The first-order valence-corrected chi connectivity index (χ1v) is 3.66. The molecule has 0 aromatic heterocycles. The minimum absolute atomic E-state index is 0. The molecule has 1 spiro atoms. The van der Waals surface area contributed by atoms with Crippen molar-refractivity contribution in [3.63, 3.8) is 0 Å². The average Bonchev–Trinajstić information content (AvgIpc) is 2.49. The Morgan fingerprint density at radius 1 is 1.50 bits per heavy atom. The summed E-state index contributed by atoms with van der Waals surface area (Å²) in [5.41, 5.74) is 0.428. The maximum Gasteiger partial charge on any atom is 0.0649 e. The number of rotatable bonds is 0. The van der Waals surface area contributed by atoms with Crippen LogP contribution in [0.25, 0.3) is 0 Å². The molecule has 1 aliphatic carbocycles. The van der Waals surface area contributed by atoms with Gasteiger partial charge < -0.3 is 10.1 Å². The highest BCUT2D eigenvalue weighted by Gasteiger charge is 2.45. The second kappa shape index (κ2) is 2.68. The molecule has 1 N–H and O–H groups in total. The second-order valence-corrected chi connectivity index (χ2v) is 3.34. The summed E-state index contributed by atoms with van der Waals surface area (Å²) in [5, 5.41) is 3.54. The number of halogens is 1. The molecule has 0 bridgehead atoms. The van der Waals surface area contributed by atoms with E-state index in [1.165, 1.54) is 12.8 Å². The number of hydrogen-bond donors (Lipinski definition) is 1. The van der Waals surface area contributed by atoms with Crippen LogP contribution in [0.1, 0.15) is 19.8 Å². The Bertz CT molecular complexity index is 125. The van der Waals surface area contributed by atoms with Crippen LogP contribution in [-0.4, -0.2) is 24.8 Å². The van der Waals surface area contributed by atoms with Gasteiger partial charge in [0.1, 0.15) is 0 Å². The quantitative estimate of drug-likeness (QED) is 0.574. The molecular formula is C7H14ClNO. The van der Waals surface area contributed by atoms with Crippen LogP contribution in [0.15, 0.2) is 0 Å². The Morgan fingerprint density at radius 3 is 2.60 bits per heavy atom. The van der Waals surface area contributed by atoms with Gasteiger partial charge in [-0.15, -0.1) is 12.4 Å². The molecular weight excluding hydrogens is 150 g/mol. The molecule has 2 aliphatic rings. The topological polar surface area (TPSA) is 21.3 Å². The molecule has 0 aromatic carbocycles. The van der Waals surface area contributed by atoms with Gasteiger partial charge in [0.2, 0.25) is 0 Å². The first-order valence-electron chi connectivity index (χ1n) is 3.66. The molecule has 3 heteroatoms. The van der Waals surface area contributed by atoms with Gasteiger partial charge in [-0.05, 0) is 19.8 Å². The largest absolute Gasteiger partial charge is 0.378 e. The van der Waals surface area contributed by atoms with E-state index < -0.39 is 0 Å². The maximum absolute atomic E-state index is 5.40. The molecule has 1 unspecified atom stereocenters. The Balaban J connectivity index is 0.000000500. The van der Waals surface area contributed by atoms with Crippen molar-refractivity contribution in [2.45, 2.75) is 31.3 Å². The van der Waals surface area contributed by atoms with Crippen LogP contribution < -0.4 is 5.32 Å². The van der Waals surface area contributed by atoms with E-state index in [2.05, 4.69) is 12.2 Å². The van der Waals surface area contributed by atoms with Crippen molar-refractivity contribution >= 4 is 12.4 Å². The van der Waals surface area contributed by atoms with Crippen LogP contribution >= 0.6 is 12.4 Å². The average molecular weight is 164 g/mol. The lowest BCUT2D eigenvalue weighted by Crippen LogP contribution is -2.49. The maximum atomic E-state index is 5.40. The van der Waals surface area contributed by atoms with E-state index in [1.807, 2.05) is 0 Å². The van der Waals surface area contributed by atoms with Gasteiger partial charge in [0, 0.05) is 11.6 Å². The predicted octanol–water partition coefficient (Wildman–Crippen LogP) is 0.949. The fourth-order valence-electron chi connectivity index (χ4n) is 1.48. The zero-order valence-electron chi connectivity index (χ0n) is 6.22. The van der Waals surface area contributed by atoms with Gasteiger partial charge in [0.25, 0.3) is 0 Å². The van der Waals surface area contributed by atoms with Crippen molar-refractivity contribution in [1.82, 2.24) is 5.32 Å². The van der Waals surface area contributed by atoms with Gasteiger partial charge in [0.05, 0.1) is 13.2 Å². The molecule has 2 nitrogen and oxygen atoms in total. The fourth-order valence-corrected chi connectivity index (χ4v) is 1.48. The van der Waals surface area contributed by atoms with E-state index in [0.717, 1.165) is 13.2 Å². The Kier molecular flexibility index (Phi) is 2.23. The zero-order valence-corrected chi connectivity index (χ0v) is 7.04. The summed E-state index contributed by atoms with van der Waals surface area (Å²) < 4.78 is 5.40. The van der Waals surface area contributed by atoms with E-state index in [1.54, 1.807) is 0 Å². The van der Waals surface area contributed by atoms with Gasteiger partial charge >= 0.3 is 0 Å². The summed E-state index contributed by atoms with van der Waals surface area (Å²) in [7, 11) is 0. The lowest BCUT2D eigenvalue weighted by molar-refractivity contribution is 0.0419. The van der Waals surface area contributed by atoms with Gasteiger partial charge in [-0.25, -0.2) is 0 Å². The van der Waals surface area contributed by atoms with Crippen LogP contribution in [0.3, 0.4) is 0 Å².